The molecule has 0 spiro atoms. The zero-order valence-corrected chi connectivity index (χ0v) is 12.7. The molecule has 0 atom stereocenters. The van der Waals surface area contributed by atoms with Gasteiger partial charge in [-0.05, 0) is 49.1 Å². The molecule has 1 aliphatic rings. The zero-order valence-electron chi connectivity index (χ0n) is 11.2. The fraction of sp³-hybridized carbons (Fsp3) is 0.533. The van der Waals surface area contributed by atoms with Gasteiger partial charge in [0.05, 0.1) is 5.54 Å². The highest BCUT2D eigenvalue weighted by Gasteiger charge is 2.34. The Bertz CT molecular complexity index is 558. The first-order valence-electron chi connectivity index (χ1n) is 6.89. The second-order valence-corrected chi connectivity index (χ2v) is 6.93. The maximum Gasteiger partial charge on any atom is 0.135 e. The van der Waals surface area contributed by atoms with E-state index in [1.807, 2.05) is 6.20 Å². The molecule has 0 aromatic carbocycles. The van der Waals surface area contributed by atoms with Gasteiger partial charge in [0.25, 0.3) is 0 Å². The second kappa shape index (κ2) is 5.29. The van der Waals surface area contributed by atoms with Crippen LogP contribution in [0.3, 0.4) is 0 Å². The molecule has 0 amide bonds. The van der Waals surface area contributed by atoms with E-state index in [1.165, 1.54) is 22.9 Å². The van der Waals surface area contributed by atoms with E-state index in [4.69, 9.17) is 11.6 Å². The number of hydrogen-bond acceptors (Lipinski definition) is 3. The lowest BCUT2D eigenvalue weighted by Gasteiger charge is -2.39. The molecule has 1 aliphatic carbocycles. The van der Waals surface area contributed by atoms with Gasteiger partial charge in [-0.3, -0.25) is 0 Å². The number of thiophene rings is 1. The highest BCUT2D eigenvalue weighted by atomic mass is 35.5. The molecule has 2 aromatic rings. The Morgan fingerprint density at radius 2 is 2.21 bits per heavy atom. The first-order chi connectivity index (χ1) is 9.22. The van der Waals surface area contributed by atoms with Gasteiger partial charge < -0.3 is 5.32 Å². The molecular weight excluding hydrogens is 276 g/mol. The predicted molar refractivity (Wildman–Crippen MR) is 84.3 cm³/mol. The monoisotopic (exact) mass is 294 g/mol. The maximum atomic E-state index is 6.27. The molecule has 102 valence electrons. The minimum absolute atomic E-state index is 0.0251. The van der Waals surface area contributed by atoms with Crippen LogP contribution in [0.4, 0.5) is 5.82 Å². The molecule has 4 heteroatoms. The highest BCUT2D eigenvalue weighted by molar-refractivity contribution is 7.17. The largest absolute Gasteiger partial charge is 0.363 e. The zero-order chi connectivity index (χ0) is 13.3. The average molecular weight is 295 g/mol. The number of fused-ring (bicyclic) bond motifs is 1. The van der Waals surface area contributed by atoms with E-state index in [0.717, 1.165) is 24.6 Å². The lowest BCUT2D eigenvalue weighted by molar-refractivity contribution is 0.286. The van der Waals surface area contributed by atoms with E-state index in [2.05, 4.69) is 34.7 Å². The van der Waals surface area contributed by atoms with Crippen molar-refractivity contribution in [3.63, 3.8) is 0 Å². The summed E-state index contributed by atoms with van der Waals surface area (Å²) in [5, 5.41) is 6.99. The van der Waals surface area contributed by atoms with E-state index in [9.17, 15) is 0 Å². The first kappa shape index (κ1) is 13.2. The van der Waals surface area contributed by atoms with Gasteiger partial charge in [0.1, 0.15) is 5.82 Å². The fourth-order valence-electron chi connectivity index (χ4n) is 2.85. The SMILES string of the molecule is CC1CCC(CCl)(Nc2nccc3sccc23)CC1. The molecule has 0 unspecified atom stereocenters. The molecule has 0 saturated heterocycles. The Kier molecular flexibility index (Phi) is 3.68. The van der Waals surface area contributed by atoms with E-state index in [-0.39, 0.29) is 5.54 Å². The lowest BCUT2D eigenvalue weighted by atomic mass is 9.78. The quantitative estimate of drug-likeness (QED) is 0.815. The van der Waals surface area contributed by atoms with Crippen molar-refractivity contribution in [2.24, 2.45) is 5.92 Å². The van der Waals surface area contributed by atoms with Crippen LogP contribution in [0.2, 0.25) is 0 Å². The number of nitrogens with zero attached hydrogens (tertiary/aromatic N) is 1. The number of hydrogen-bond donors (Lipinski definition) is 1. The molecule has 2 aromatic heterocycles. The summed E-state index contributed by atoms with van der Waals surface area (Å²) >= 11 is 8.03. The molecule has 1 fully saturated rings. The van der Waals surface area contributed by atoms with E-state index < -0.39 is 0 Å². The van der Waals surface area contributed by atoms with Gasteiger partial charge in [0.15, 0.2) is 0 Å². The van der Waals surface area contributed by atoms with Crippen LogP contribution in [0.1, 0.15) is 32.6 Å². The van der Waals surface area contributed by atoms with Crippen molar-refractivity contribution in [1.82, 2.24) is 4.98 Å². The Morgan fingerprint density at radius 3 is 2.95 bits per heavy atom. The number of halogens is 1. The van der Waals surface area contributed by atoms with Gasteiger partial charge in [0.2, 0.25) is 0 Å². The molecule has 0 aliphatic heterocycles. The Balaban J connectivity index is 1.88. The molecule has 0 radical (unpaired) electrons. The third-order valence-electron chi connectivity index (χ3n) is 4.25. The van der Waals surface area contributed by atoms with Gasteiger partial charge in [-0.1, -0.05) is 6.92 Å². The van der Waals surface area contributed by atoms with Crippen LogP contribution in [0.25, 0.3) is 10.1 Å². The molecule has 2 nitrogen and oxygen atoms in total. The summed E-state index contributed by atoms with van der Waals surface area (Å²) in [6, 6.07) is 4.21. The van der Waals surface area contributed by atoms with Gasteiger partial charge in [-0.15, -0.1) is 22.9 Å². The molecule has 3 rings (SSSR count). The van der Waals surface area contributed by atoms with Crippen molar-refractivity contribution in [2.45, 2.75) is 38.1 Å². The maximum absolute atomic E-state index is 6.27. The van der Waals surface area contributed by atoms with Crippen molar-refractivity contribution in [3.8, 4) is 0 Å². The summed E-state index contributed by atoms with van der Waals surface area (Å²) in [7, 11) is 0. The summed E-state index contributed by atoms with van der Waals surface area (Å²) < 4.78 is 1.28. The number of alkyl halides is 1. The smallest absolute Gasteiger partial charge is 0.135 e. The van der Waals surface area contributed by atoms with E-state index in [0.29, 0.717) is 5.88 Å². The number of pyridine rings is 1. The van der Waals surface area contributed by atoms with Crippen LogP contribution >= 0.6 is 22.9 Å². The molecule has 19 heavy (non-hydrogen) atoms. The van der Waals surface area contributed by atoms with E-state index >= 15 is 0 Å². The average Bonchev–Trinajstić information content (AvgIpc) is 2.91. The summed E-state index contributed by atoms with van der Waals surface area (Å²) in [6.45, 7) is 2.33. The van der Waals surface area contributed by atoms with Crippen LogP contribution in [0.5, 0.6) is 0 Å². The van der Waals surface area contributed by atoms with Gasteiger partial charge in [-0.25, -0.2) is 4.98 Å². The second-order valence-electron chi connectivity index (χ2n) is 5.71. The van der Waals surface area contributed by atoms with Crippen molar-refractivity contribution >= 4 is 38.8 Å². The van der Waals surface area contributed by atoms with Crippen molar-refractivity contribution in [3.05, 3.63) is 23.7 Å². The van der Waals surface area contributed by atoms with Gasteiger partial charge >= 0.3 is 0 Å². The predicted octanol–water partition coefficient (Wildman–Crippen LogP) is 4.90. The Labute approximate surface area is 123 Å². The Morgan fingerprint density at radius 1 is 1.42 bits per heavy atom. The van der Waals surface area contributed by atoms with Crippen LogP contribution in [0, 0.1) is 5.92 Å². The minimum atomic E-state index is 0.0251. The van der Waals surface area contributed by atoms with Gasteiger partial charge in [0, 0.05) is 22.2 Å². The summed E-state index contributed by atoms with van der Waals surface area (Å²) in [5.41, 5.74) is 0.0251. The molecule has 1 saturated carbocycles. The summed E-state index contributed by atoms with van der Waals surface area (Å²) in [6.07, 6.45) is 6.66. The molecule has 1 N–H and O–H groups in total. The third kappa shape index (κ3) is 2.59. The number of rotatable bonds is 3. The normalized spacial score (nSPS) is 27.6. The Hall–Kier alpha value is -0.800. The van der Waals surface area contributed by atoms with Crippen LogP contribution < -0.4 is 5.32 Å². The first-order valence-corrected chi connectivity index (χ1v) is 8.30. The topological polar surface area (TPSA) is 24.9 Å². The van der Waals surface area contributed by atoms with Crippen LogP contribution in [-0.4, -0.2) is 16.4 Å². The van der Waals surface area contributed by atoms with Crippen LogP contribution in [-0.2, 0) is 0 Å². The van der Waals surface area contributed by atoms with Crippen molar-refractivity contribution in [2.75, 3.05) is 11.2 Å². The molecule has 2 heterocycles. The highest BCUT2D eigenvalue weighted by Crippen LogP contribution is 2.37. The van der Waals surface area contributed by atoms with E-state index in [1.54, 1.807) is 11.3 Å². The number of anilines is 1. The van der Waals surface area contributed by atoms with Crippen molar-refractivity contribution < 1.29 is 0 Å². The lowest BCUT2D eigenvalue weighted by Crippen LogP contribution is -2.43. The summed E-state index contributed by atoms with van der Waals surface area (Å²) in [5.74, 6) is 2.47. The standard InChI is InChI=1S/C15H19ClN2S/c1-11-2-6-15(10-16,7-3-11)18-14-12-5-9-19-13(12)4-8-17-14/h4-5,8-9,11H,2-3,6-7,10H2,1H3,(H,17,18). The third-order valence-corrected chi connectivity index (χ3v) is 5.64. The number of aromatic nitrogens is 1. The molecule has 0 bridgehead atoms. The summed E-state index contributed by atoms with van der Waals surface area (Å²) in [4.78, 5) is 4.52. The number of nitrogens with one attached hydrogen (secondary N) is 1. The minimum Gasteiger partial charge on any atom is -0.363 e. The van der Waals surface area contributed by atoms with Gasteiger partial charge in [-0.2, -0.15) is 0 Å². The van der Waals surface area contributed by atoms with Crippen molar-refractivity contribution in [1.29, 1.82) is 0 Å². The molecular formula is C15H19ClN2S. The van der Waals surface area contributed by atoms with Crippen LogP contribution in [0.15, 0.2) is 23.7 Å². The fourth-order valence-corrected chi connectivity index (χ4v) is 3.97.